The molecule has 1 fully saturated rings. The van der Waals surface area contributed by atoms with Gasteiger partial charge in [-0.3, -0.25) is 14.9 Å². The van der Waals surface area contributed by atoms with Crippen LogP contribution >= 0.6 is 11.3 Å². The lowest BCUT2D eigenvalue weighted by atomic mass is 10.1. The van der Waals surface area contributed by atoms with E-state index in [1.807, 2.05) is 6.92 Å². The summed E-state index contributed by atoms with van der Waals surface area (Å²) in [7, 11) is 0. The van der Waals surface area contributed by atoms with Crippen molar-refractivity contribution in [3.63, 3.8) is 0 Å². The Balaban J connectivity index is 1.69. The molecular formula is C20H20F3N5O3S. The number of aliphatic hydroxyl groups is 1. The van der Waals surface area contributed by atoms with Gasteiger partial charge in [-0.05, 0) is 31.9 Å². The third kappa shape index (κ3) is 4.46. The Hall–Kier alpha value is -2.99. The first-order chi connectivity index (χ1) is 15.2. The zero-order valence-corrected chi connectivity index (χ0v) is 17.8. The molecule has 1 saturated heterocycles. The van der Waals surface area contributed by atoms with Crippen LogP contribution in [0.15, 0.2) is 24.3 Å². The third-order valence-electron chi connectivity index (χ3n) is 5.20. The zero-order valence-electron chi connectivity index (χ0n) is 17.0. The molecule has 0 bridgehead atoms. The van der Waals surface area contributed by atoms with Crippen molar-refractivity contribution in [2.75, 3.05) is 18.5 Å². The monoisotopic (exact) mass is 467 g/mol. The van der Waals surface area contributed by atoms with E-state index in [2.05, 4.69) is 15.4 Å². The number of alkyl halides is 3. The molecule has 0 spiro atoms. The quantitative estimate of drug-likeness (QED) is 0.600. The van der Waals surface area contributed by atoms with Crippen LogP contribution in [0.2, 0.25) is 0 Å². The molecule has 0 radical (unpaired) electrons. The number of carbonyl (C=O) groups is 2. The molecule has 0 aliphatic carbocycles. The van der Waals surface area contributed by atoms with Gasteiger partial charge in [0.2, 0.25) is 0 Å². The molecule has 170 valence electrons. The Morgan fingerprint density at radius 2 is 2.00 bits per heavy atom. The molecule has 12 heteroatoms. The van der Waals surface area contributed by atoms with Gasteiger partial charge in [-0.2, -0.15) is 23.3 Å². The van der Waals surface area contributed by atoms with Crippen LogP contribution in [0.3, 0.4) is 0 Å². The highest BCUT2D eigenvalue weighted by molar-refractivity contribution is 7.22. The van der Waals surface area contributed by atoms with E-state index in [1.165, 1.54) is 4.90 Å². The summed E-state index contributed by atoms with van der Waals surface area (Å²) in [4.78, 5) is 31.1. The lowest BCUT2D eigenvalue weighted by molar-refractivity contribution is -0.142. The summed E-state index contributed by atoms with van der Waals surface area (Å²) < 4.78 is 40.0. The van der Waals surface area contributed by atoms with Crippen LogP contribution in [-0.4, -0.2) is 62.0 Å². The number of aromatic nitrogens is 3. The first-order valence-electron chi connectivity index (χ1n) is 9.90. The van der Waals surface area contributed by atoms with Crippen LogP contribution in [0.5, 0.6) is 0 Å². The summed E-state index contributed by atoms with van der Waals surface area (Å²) >= 11 is 0.889. The lowest BCUT2D eigenvalue weighted by Crippen LogP contribution is -2.38. The van der Waals surface area contributed by atoms with E-state index in [9.17, 15) is 27.9 Å². The maximum atomic E-state index is 13.1. The van der Waals surface area contributed by atoms with Gasteiger partial charge in [-0.1, -0.05) is 29.0 Å². The number of amides is 2. The summed E-state index contributed by atoms with van der Waals surface area (Å²) in [6.07, 6.45) is -3.28. The van der Waals surface area contributed by atoms with Crippen molar-refractivity contribution < 1.29 is 27.9 Å². The van der Waals surface area contributed by atoms with Gasteiger partial charge >= 0.3 is 6.18 Å². The van der Waals surface area contributed by atoms with Crippen LogP contribution in [0, 0.1) is 6.92 Å². The van der Waals surface area contributed by atoms with Crippen molar-refractivity contribution in [2.45, 2.75) is 38.5 Å². The number of thiazole rings is 1. The summed E-state index contributed by atoms with van der Waals surface area (Å²) in [5.41, 5.74) is 1.04. The van der Waals surface area contributed by atoms with Gasteiger partial charge in [-0.15, -0.1) is 0 Å². The number of likely N-dealkylation sites (tertiary alicyclic amines) is 1. The number of aryl methyl sites for hydroxylation is 1. The molecule has 3 aromatic rings. The van der Waals surface area contributed by atoms with Gasteiger partial charge in [0.1, 0.15) is 11.2 Å². The molecule has 1 atom stereocenters. The highest BCUT2D eigenvalue weighted by Crippen LogP contribution is 2.33. The number of hydrogen-bond donors (Lipinski definition) is 2. The van der Waals surface area contributed by atoms with Crippen molar-refractivity contribution in [3.8, 4) is 0 Å². The van der Waals surface area contributed by atoms with Crippen molar-refractivity contribution >= 4 is 38.6 Å². The molecule has 8 nitrogen and oxygen atoms in total. The van der Waals surface area contributed by atoms with Crippen molar-refractivity contribution in [1.82, 2.24) is 19.7 Å². The van der Waals surface area contributed by atoms with Crippen molar-refractivity contribution in [3.05, 3.63) is 41.1 Å². The SMILES string of the molecule is Cc1ccc(C(=O)Nc2nc3c(s2)c(C(=O)N2CCC[C@H]2CO)nn3CC(F)(F)F)cc1. The minimum Gasteiger partial charge on any atom is -0.394 e. The fourth-order valence-corrected chi connectivity index (χ4v) is 4.57. The van der Waals surface area contributed by atoms with Gasteiger partial charge in [0.25, 0.3) is 11.8 Å². The van der Waals surface area contributed by atoms with Crippen LogP contribution in [0.4, 0.5) is 18.3 Å². The van der Waals surface area contributed by atoms with Gasteiger partial charge in [0.15, 0.2) is 16.5 Å². The number of anilines is 1. The molecule has 0 saturated carbocycles. The lowest BCUT2D eigenvalue weighted by Gasteiger charge is -2.21. The molecule has 4 rings (SSSR count). The van der Waals surface area contributed by atoms with Gasteiger partial charge < -0.3 is 10.0 Å². The Bertz CT molecular complexity index is 1160. The summed E-state index contributed by atoms with van der Waals surface area (Å²) in [6, 6.07) is 6.37. The van der Waals surface area contributed by atoms with Crippen LogP contribution in [-0.2, 0) is 6.54 Å². The van der Waals surface area contributed by atoms with Gasteiger partial charge in [-0.25, -0.2) is 4.68 Å². The molecule has 1 aromatic carbocycles. The highest BCUT2D eigenvalue weighted by atomic mass is 32.1. The Labute approximate surface area is 184 Å². The first-order valence-corrected chi connectivity index (χ1v) is 10.7. The van der Waals surface area contributed by atoms with Crippen molar-refractivity contribution in [1.29, 1.82) is 0 Å². The first kappa shape index (κ1) is 22.2. The Morgan fingerprint density at radius 3 is 2.66 bits per heavy atom. The molecule has 2 aromatic heterocycles. The predicted molar refractivity (Wildman–Crippen MR) is 112 cm³/mol. The van der Waals surface area contributed by atoms with E-state index in [1.54, 1.807) is 24.3 Å². The maximum absolute atomic E-state index is 13.1. The Morgan fingerprint density at radius 1 is 1.28 bits per heavy atom. The maximum Gasteiger partial charge on any atom is 0.408 e. The second-order valence-electron chi connectivity index (χ2n) is 7.59. The molecule has 3 heterocycles. The van der Waals surface area contributed by atoms with E-state index in [-0.39, 0.29) is 27.8 Å². The zero-order chi connectivity index (χ0) is 23.0. The van der Waals surface area contributed by atoms with Gasteiger partial charge in [0, 0.05) is 12.1 Å². The van der Waals surface area contributed by atoms with E-state index >= 15 is 0 Å². The molecule has 1 aliphatic rings. The topological polar surface area (TPSA) is 100 Å². The minimum absolute atomic E-state index is 0.0630. The van der Waals surface area contributed by atoms with E-state index in [0.29, 0.717) is 29.6 Å². The van der Waals surface area contributed by atoms with Crippen LogP contribution in [0.25, 0.3) is 10.3 Å². The summed E-state index contributed by atoms with van der Waals surface area (Å²) in [5.74, 6) is -1.03. The minimum atomic E-state index is -4.57. The number of benzene rings is 1. The number of hydrogen-bond acceptors (Lipinski definition) is 6. The van der Waals surface area contributed by atoms with Crippen molar-refractivity contribution in [2.24, 2.45) is 0 Å². The smallest absolute Gasteiger partial charge is 0.394 e. The average molecular weight is 467 g/mol. The average Bonchev–Trinajstić information content (AvgIpc) is 3.43. The van der Waals surface area contributed by atoms with E-state index in [4.69, 9.17) is 0 Å². The standard InChI is InChI=1S/C20H20F3N5O3S/c1-11-4-6-12(7-5-11)17(30)25-19-24-16-15(32-19)14(26-28(16)10-20(21,22)23)18(31)27-8-2-3-13(27)9-29/h4-7,13,29H,2-3,8-10H2,1H3,(H,24,25,30)/t13-/m0/s1. The third-order valence-corrected chi connectivity index (χ3v) is 6.17. The highest BCUT2D eigenvalue weighted by Gasteiger charge is 2.35. The molecular weight excluding hydrogens is 447 g/mol. The molecule has 2 N–H and O–H groups in total. The second kappa shape index (κ2) is 8.51. The molecule has 2 amide bonds. The molecule has 1 aliphatic heterocycles. The predicted octanol–water partition coefficient (Wildman–Crippen LogP) is 3.21. The molecule has 0 unspecified atom stereocenters. The van der Waals surface area contributed by atoms with Crippen LogP contribution < -0.4 is 5.32 Å². The Kier molecular flexibility index (Phi) is 5.91. The van der Waals surface area contributed by atoms with Gasteiger partial charge in [0.05, 0.1) is 12.6 Å². The fourth-order valence-electron chi connectivity index (χ4n) is 3.63. The number of aliphatic hydroxyl groups excluding tert-OH is 1. The summed E-state index contributed by atoms with van der Waals surface area (Å²) in [5, 5.41) is 16.0. The molecule has 32 heavy (non-hydrogen) atoms. The van der Waals surface area contributed by atoms with E-state index < -0.39 is 30.6 Å². The van der Waals surface area contributed by atoms with E-state index in [0.717, 1.165) is 16.9 Å². The number of halogens is 3. The number of rotatable bonds is 5. The number of nitrogens with one attached hydrogen (secondary N) is 1. The number of carbonyl (C=O) groups excluding carboxylic acids is 2. The normalized spacial score (nSPS) is 16.7. The van der Waals surface area contributed by atoms with Crippen LogP contribution in [0.1, 0.15) is 39.3 Å². The summed E-state index contributed by atoms with van der Waals surface area (Å²) in [6.45, 7) is 0.601. The number of nitrogens with zero attached hydrogens (tertiary/aromatic N) is 4. The largest absolute Gasteiger partial charge is 0.408 e. The second-order valence-corrected chi connectivity index (χ2v) is 8.59. The fraction of sp³-hybridized carbons (Fsp3) is 0.400. The number of fused-ring (bicyclic) bond motifs is 1.